The molecule has 1 aromatic carbocycles. The van der Waals surface area contributed by atoms with Gasteiger partial charge in [0.05, 0.1) is 29.3 Å². The van der Waals surface area contributed by atoms with Crippen LogP contribution in [0.5, 0.6) is 0 Å². The molecule has 0 bridgehead atoms. The Labute approximate surface area is 124 Å². The van der Waals surface area contributed by atoms with Crippen molar-refractivity contribution < 1.29 is 4.74 Å². The summed E-state index contributed by atoms with van der Waals surface area (Å²) in [5, 5.41) is 0.610. The Kier molecular flexibility index (Phi) is 4.66. The Morgan fingerprint density at radius 2 is 2.32 bits per heavy atom. The summed E-state index contributed by atoms with van der Waals surface area (Å²) in [6.45, 7) is 5.78. The lowest BCUT2D eigenvalue weighted by Crippen LogP contribution is -2.49. The van der Waals surface area contributed by atoms with E-state index < -0.39 is 0 Å². The van der Waals surface area contributed by atoms with Crippen LogP contribution in [0.1, 0.15) is 25.8 Å². The average molecular weight is 299 g/mol. The van der Waals surface area contributed by atoms with Gasteiger partial charge in [-0.2, -0.15) is 0 Å². The van der Waals surface area contributed by atoms with Crippen LogP contribution in [0.2, 0.25) is 5.02 Å². The Hall–Kier alpha value is -0.840. The van der Waals surface area contributed by atoms with Crippen LogP contribution in [0.3, 0.4) is 0 Å². The van der Waals surface area contributed by atoms with E-state index >= 15 is 0 Å². The number of halogens is 1. The van der Waals surface area contributed by atoms with Gasteiger partial charge in [0.15, 0.2) is 0 Å². The number of nitrogens with zero attached hydrogens (tertiary/aromatic N) is 1. The summed E-state index contributed by atoms with van der Waals surface area (Å²) in [5.74, 6) is 0. The van der Waals surface area contributed by atoms with Crippen LogP contribution in [0, 0.1) is 0 Å². The molecule has 0 aromatic heterocycles. The van der Waals surface area contributed by atoms with Crippen molar-refractivity contribution in [3.63, 3.8) is 0 Å². The van der Waals surface area contributed by atoms with Gasteiger partial charge in [0.2, 0.25) is 0 Å². The molecule has 2 unspecified atom stereocenters. The fourth-order valence-electron chi connectivity index (χ4n) is 2.47. The van der Waals surface area contributed by atoms with Crippen LogP contribution in [0.15, 0.2) is 18.2 Å². The minimum absolute atomic E-state index is 0.195. The van der Waals surface area contributed by atoms with E-state index in [1.807, 2.05) is 18.2 Å². The number of nitrogens with two attached hydrogens (primary N) is 1. The summed E-state index contributed by atoms with van der Waals surface area (Å²) >= 11 is 11.4. The van der Waals surface area contributed by atoms with Crippen LogP contribution < -0.4 is 10.6 Å². The third-order valence-corrected chi connectivity index (χ3v) is 4.01. The van der Waals surface area contributed by atoms with Gasteiger partial charge < -0.3 is 15.4 Å². The molecule has 19 heavy (non-hydrogen) atoms. The van der Waals surface area contributed by atoms with Crippen molar-refractivity contribution in [2.24, 2.45) is 5.73 Å². The van der Waals surface area contributed by atoms with Crippen LogP contribution in [0.25, 0.3) is 0 Å². The van der Waals surface area contributed by atoms with E-state index in [4.69, 9.17) is 34.3 Å². The standard InChI is InChI=1S/C14H19ClN2OS/c1-3-10-8-18-9(2)7-17(10)12-6-4-5-11(15)13(12)14(16)19/h4-6,9-10H,3,7-8H2,1-2H3,(H2,16,19). The third kappa shape index (κ3) is 3.02. The van der Waals surface area contributed by atoms with E-state index in [9.17, 15) is 0 Å². The molecule has 1 aromatic rings. The van der Waals surface area contributed by atoms with Crippen LogP contribution >= 0.6 is 23.8 Å². The van der Waals surface area contributed by atoms with Gasteiger partial charge >= 0.3 is 0 Å². The molecular weight excluding hydrogens is 280 g/mol. The first kappa shape index (κ1) is 14.6. The molecule has 3 nitrogen and oxygen atoms in total. The second-order valence-electron chi connectivity index (χ2n) is 4.86. The van der Waals surface area contributed by atoms with Crippen molar-refractivity contribution in [3.05, 3.63) is 28.8 Å². The van der Waals surface area contributed by atoms with Gasteiger partial charge in [0, 0.05) is 12.2 Å². The van der Waals surface area contributed by atoms with Gasteiger partial charge in [-0.05, 0) is 25.5 Å². The van der Waals surface area contributed by atoms with Crippen LogP contribution in [-0.4, -0.2) is 30.3 Å². The first-order valence-corrected chi connectivity index (χ1v) is 7.29. The fraction of sp³-hybridized carbons (Fsp3) is 0.500. The first-order chi connectivity index (χ1) is 9.04. The molecule has 1 heterocycles. The number of benzene rings is 1. The summed E-state index contributed by atoms with van der Waals surface area (Å²) in [6, 6.07) is 6.13. The maximum atomic E-state index is 6.25. The van der Waals surface area contributed by atoms with Crippen molar-refractivity contribution >= 4 is 34.5 Å². The third-order valence-electron chi connectivity index (χ3n) is 3.49. The summed E-state index contributed by atoms with van der Waals surface area (Å²) < 4.78 is 5.72. The molecule has 1 aliphatic rings. The van der Waals surface area contributed by atoms with Gasteiger partial charge in [-0.25, -0.2) is 0 Å². The van der Waals surface area contributed by atoms with E-state index in [-0.39, 0.29) is 6.10 Å². The molecule has 1 fully saturated rings. The van der Waals surface area contributed by atoms with Crippen LogP contribution in [0.4, 0.5) is 5.69 Å². The minimum Gasteiger partial charge on any atom is -0.389 e. The van der Waals surface area contributed by atoms with Gasteiger partial charge in [0.25, 0.3) is 0 Å². The van der Waals surface area contributed by atoms with Crippen molar-refractivity contribution in [3.8, 4) is 0 Å². The van der Waals surface area contributed by atoms with Gasteiger partial charge in [0.1, 0.15) is 4.99 Å². The highest BCUT2D eigenvalue weighted by Gasteiger charge is 2.28. The fourth-order valence-corrected chi connectivity index (χ4v) is 3.02. The Bertz CT molecular complexity index is 481. The normalized spacial score (nSPS) is 23.4. The smallest absolute Gasteiger partial charge is 0.107 e. The van der Waals surface area contributed by atoms with Crippen molar-refractivity contribution in [2.45, 2.75) is 32.4 Å². The van der Waals surface area contributed by atoms with Gasteiger partial charge in [-0.15, -0.1) is 0 Å². The zero-order valence-electron chi connectivity index (χ0n) is 11.2. The topological polar surface area (TPSA) is 38.5 Å². The zero-order valence-corrected chi connectivity index (χ0v) is 12.8. The van der Waals surface area contributed by atoms with Crippen molar-refractivity contribution in [2.75, 3.05) is 18.1 Å². The van der Waals surface area contributed by atoms with Gasteiger partial charge in [-0.3, -0.25) is 0 Å². The lowest BCUT2D eigenvalue weighted by molar-refractivity contribution is 0.0299. The van der Waals surface area contributed by atoms with Crippen molar-refractivity contribution in [1.82, 2.24) is 0 Å². The van der Waals surface area contributed by atoms with E-state index in [1.165, 1.54) is 0 Å². The Morgan fingerprint density at radius 3 is 2.95 bits per heavy atom. The quantitative estimate of drug-likeness (QED) is 0.871. The number of morpholine rings is 1. The molecule has 5 heteroatoms. The number of anilines is 1. The Morgan fingerprint density at radius 1 is 1.58 bits per heavy atom. The number of thiocarbonyl (C=S) groups is 1. The maximum Gasteiger partial charge on any atom is 0.107 e. The predicted molar refractivity (Wildman–Crippen MR) is 84.2 cm³/mol. The molecular formula is C14H19ClN2OS. The maximum absolute atomic E-state index is 6.25. The number of rotatable bonds is 3. The monoisotopic (exact) mass is 298 g/mol. The number of ether oxygens (including phenoxy) is 1. The molecule has 0 spiro atoms. The number of hydrogen-bond acceptors (Lipinski definition) is 3. The highest BCUT2D eigenvalue weighted by Crippen LogP contribution is 2.31. The predicted octanol–water partition coefficient (Wildman–Crippen LogP) is 2.98. The lowest BCUT2D eigenvalue weighted by atomic mass is 10.1. The molecule has 1 saturated heterocycles. The highest BCUT2D eigenvalue weighted by molar-refractivity contribution is 7.80. The highest BCUT2D eigenvalue weighted by atomic mass is 35.5. The van der Waals surface area contributed by atoms with Gasteiger partial charge in [-0.1, -0.05) is 36.8 Å². The second kappa shape index (κ2) is 6.07. The second-order valence-corrected chi connectivity index (χ2v) is 5.70. The Balaban J connectivity index is 2.44. The van der Waals surface area contributed by atoms with E-state index in [1.54, 1.807) is 0 Å². The summed E-state index contributed by atoms with van der Waals surface area (Å²) in [4.78, 5) is 2.66. The largest absolute Gasteiger partial charge is 0.389 e. The van der Waals surface area contributed by atoms with Crippen LogP contribution in [-0.2, 0) is 4.74 Å². The molecule has 2 atom stereocenters. The van der Waals surface area contributed by atoms with E-state index in [0.29, 0.717) is 16.1 Å². The molecule has 0 radical (unpaired) electrons. The molecule has 0 aliphatic carbocycles. The average Bonchev–Trinajstić information content (AvgIpc) is 2.37. The zero-order chi connectivity index (χ0) is 14.0. The molecule has 2 rings (SSSR count). The molecule has 0 amide bonds. The summed E-state index contributed by atoms with van der Waals surface area (Å²) in [6.07, 6.45) is 1.21. The molecule has 1 aliphatic heterocycles. The molecule has 0 saturated carbocycles. The SMILES string of the molecule is CCC1COC(C)CN1c1cccc(Cl)c1C(N)=S. The van der Waals surface area contributed by atoms with E-state index in [2.05, 4.69) is 18.7 Å². The molecule has 104 valence electrons. The minimum atomic E-state index is 0.195. The lowest BCUT2D eigenvalue weighted by Gasteiger charge is -2.41. The number of hydrogen-bond donors (Lipinski definition) is 1. The van der Waals surface area contributed by atoms with E-state index in [0.717, 1.165) is 30.8 Å². The summed E-state index contributed by atoms with van der Waals surface area (Å²) in [7, 11) is 0. The van der Waals surface area contributed by atoms with Crippen molar-refractivity contribution in [1.29, 1.82) is 0 Å². The molecule has 2 N–H and O–H groups in total. The first-order valence-electron chi connectivity index (χ1n) is 6.51. The summed E-state index contributed by atoms with van der Waals surface area (Å²) in [5.41, 5.74) is 7.62.